The summed E-state index contributed by atoms with van der Waals surface area (Å²) in [6.45, 7) is 13.4. The van der Waals surface area contributed by atoms with Gasteiger partial charge in [-0.15, -0.1) is 0 Å². The highest BCUT2D eigenvalue weighted by atomic mass is 16.5. The van der Waals surface area contributed by atoms with Crippen LogP contribution >= 0.6 is 0 Å². The Balaban J connectivity index is 1.44. The van der Waals surface area contributed by atoms with E-state index in [1.807, 2.05) is 0 Å². The maximum Gasteiger partial charge on any atom is 0.244 e. The van der Waals surface area contributed by atoms with E-state index in [9.17, 15) is 0 Å². The molecule has 0 radical (unpaired) electrons. The lowest BCUT2D eigenvalue weighted by molar-refractivity contribution is -0.425. The Kier molecular flexibility index (Phi) is 10.4. The Morgan fingerprint density at radius 3 is 1.25 bits per heavy atom. The molecule has 0 aromatic heterocycles. The fourth-order valence-electron chi connectivity index (χ4n) is 8.11. The van der Waals surface area contributed by atoms with Gasteiger partial charge in [-0.2, -0.15) is 0 Å². The van der Waals surface area contributed by atoms with Crippen molar-refractivity contribution in [3.63, 3.8) is 0 Å². The number of hydrogen-bond donors (Lipinski definition) is 0. The number of rotatable bonds is 11. The monoisotopic (exact) mass is 683 g/mol. The molecule has 0 spiro atoms. The highest BCUT2D eigenvalue weighted by Crippen LogP contribution is 2.45. The van der Waals surface area contributed by atoms with Crippen LogP contribution in [0.1, 0.15) is 101 Å². The van der Waals surface area contributed by atoms with Gasteiger partial charge in [0.15, 0.2) is 0 Å². The Morgan fingerprint density at radius 2 is 0.885 bits per heavy atom. The highest BCUT2D eigenvalue weighted by Gasteiger charge is 2.35. The SMILES string of the molecule is COc1cc([C@H](C)c2ccccc2)c(N2C=[N+](c3c([C@H](C)c4ccccc4)cc(C)cc3[C@H](C)c3ccccc3)CC2)c([C@H](C)c2ccccc2)c1. The number of anilines is 1. The van der Waals surface area contributed by atoms with Crippen LogP contribution in [0.2, 0.25) is 0 Å². The summed E-state index contributed by atoms with van der Waals surface area (Å²) < 4.78 is 8.56. The first-order valence-corrected chi connectivity index (χ1v) is 18.8. The quantitative estimate of drug-likeness (QED) is 0.126. The fourth-order valence-corrected chi connectivity index (χ4v) is 8.11. The first-order chi connectivity index (χ1) is 25.3. The molecule has 0 saturated heterocycles. The molecule has 262 valence electrons. The molecule has 1 heterocycles. The molecule has 1 aliphatic heterocycles. The van der Waals surface area contributed by atoms with E-state index in [4.69, 9.17) is 4.74 Å². The van der Waals surface area contributed by atoms with Crippen LogP contribution in [-0.4, -0.2) is 31.1 Å². The second-order valence-electron chi connectivity index (χ2n) is 14.5. The molecule has 52 heavy (non-hydrogen) atoms. The number of benzene rings is 6. The molecule has 0 bridgehead atoms. The summed E-state index contributed by atoms with van der Waals surface area (Å²) in [6, 6.07) is 53.1. The van der Waals surface area contributed by atoms with E-state index in [1.165, 1.54) is 61.4 Å². The molecule has 0 amide bonds. The zero-order valence-electron chi connectivity index (χ0n) is 31.5. The molecule has 0 N–H and O–H groups in total. The predicted molar refractivity (Wildman–Crippen MR) is 218 cm³/mol. The Bertz CT molecular complexity index is 2010. The molecule has 6 aromatic rings. The van der Waals surface area contributed by atoms with Crippen molar-refractivity contribution in [2.75, 3.05) is 25.1 Å². The largest absolute Gasteiger partial charge is 0.497 e. The van der Waals surface area contributed by atoms with Crippen molar-refractivity contribution in [1.82, 2.24) is 0 Å². The lowest BCUT2D eigenvalue weighted by atomic mass is 9.84. The van der Waals surface area contributed by atoms with Crippen molar-refractivity contribution in [2.24, 2.45) is 0 Å². The van der Waals surface area contributed by atoms with Crippen molar-refractivity contribution in [1.29, 1.82) is 0 Å². The minimum Gasteiger partial charge on any atom is -0.497 e. The Labute approximate surface area is 310 Å². The van der Waals surface area contributed by atoms with Crippen LogP contribution in [0.15, 0.2) is 146 Å². The fraction of sp³-hybridized carbons (Fsp3) is 0.245. The molecule has 3 heteroatoms. The highest BCUT2D eigenvalue weighted by molar-refractivity contribution is 5.84. The Morgan fingerprint density at radius 1 is 0.519 bits per heavy atom. The molecule has 3 nitrogen and oxygen atoms in total. The van der Waals surface area contributed by atoms with Gasteiger partial charge in [0.1, 0.15) is 30.2 Å². The summed E-state index contributed by atoms with van der Waals surface area (Å²) >= 11 is 0. The van der Waals surface area contributed by atoms with E-state index in [0.29, 0.717) is 0 Å². The number of ether oxygens (including phenoxy) is 1. The van der Waals surface area contributed by atoms with Gasteiger partial charge in [0.25, 0.3) is 0 Å². The first kappa shape index (κ1) is 35.0. The molecule has 7 rings (SSSR count). The van der Waals surface area contributed by atoms with Crippen molar-refractivity contribution >= 4 is 17.7 Å². The van der Waals surface area contributed by atoms with Gasteiger partial charge >= 0.3 is 0 Å². The molecule has 4 atom stereocenters. The zero-order valence-corrected chi connectivity index (χ0v) is 31.5. The van der Waals surface area contributed by atoms with Gasteiger partial charge in [0, 0.05) is 45.9 Å². The third-order valence-corrected chi connectivity index (χ3v) is 11.2. The Hall–Kier alpha value is -5.41. The van der Waals surface area contributed by atoms with Crippen molar-refractivity contribution < 1.29 is 9.31 Å². The normalized spacial score (nSPS) is 15.1. The molecule has 0 aliphatic carbocycles. The third-order valence-electron chi connectivity index (χ3n) is 11.2. The average Bonchev–Trinajstić information content (AvgIpc) is 3.69. The van der Waals surface area contributed by atoms with Gasteiger partial charge in [-0.3, -0.25) is 0 Å². The van der Waals surface area contributed by atoms with Crippen molar-refractivity contribution in [3.05, 3.63) is 196 Å². The summed E-state index contributed by atoms with van der Waals surface area (Å²) in [5.41, 5.74) is 14.4. The number of methoxy groups -OCH3 is 1. The van der Waals surface area contributed by atoms with Crippen molar-refractivity contribution in [3.8, 4) is 5.75 Å². The van der Waals surface area contributed by atoms with Gasteiger partial charge in [0.2, 0.25) is 6.34 Å². The summed E-state index contributed by atoms with van der Waals surface area (Å²) in [5, 5.41) is 0. The first-order valence-electron chi connectivity index (χ1n) is 18.8. The van der Waals surface area contributed by atoms with Crippen molar-refractivity contribution in [2.45, 2.75) is 58.3 Å². The summed E-state index contributed by atoms with van der Waals surface area (Å²) in [4.78, 5) is 2.52. The summed E-state index contributed by atoms with van der Waals surface area (Å²) in [5.74, 6) is 1.67. The molecule has 1 aliphatic rings. The maximum absolute atomic E-state index is 6.02. The van der Waals surface area contributed by atoms with Gasteiger partial charge in [-0.25, -0.2) is 9.48 Å². The second kappa shape index (κ2) is 15.5. The van der Waals surface area contributed by atoms with Crippen LogP contribution in [0, 0.1) is 6.92 Å². The van der Waals surface area contributed by atoms with E-state index in [0.717, 1.165) is 18.8 Å². The second-order valence-corrected chi connectivity index (χ2v) is 14.5. The average molecular weight is 684 g/mol. The zero-order chi connectivity index (χ0) is 36.2. The van der Waals surface area contributed by atoms with Gasteiger partial charge in [-0.1, -0.05) is 167 Å². The topological polar surface area (TPSA) is 15.5 Å². The van der Waals surface area contributed by atoms with Crippen LogP contribution in [0.3, 0.4) is 0 Å². The molecular formula is C49H51N2O+. The van der Waals surface area contributed by atoms with Crippen LogP contribution in [0.5, 0.6) is 5.75 Å². The van der Waals surface area contributed by atoms with Crippen LogP contribution in [-0.2, 0) is 0 Å². The van der Waals surface area contributed by atoms with Gasteiger partial charge in [0.05, 0.1) is 7.11 Å². The molecule has 6 aromatic carbocycles. The molecule has 0 fully saturated rings. The van der Waals surface area contributed by atoms with E-state index >= 15 is 0 Å². The number of hydrogen-bond acceptors (Lipinski definition) is 2. The lowest BCUT2D eigenvalue weighted by Crippen LogP contribution is -2.23. The van der Waals surface area contributed by atoms with Crippen LogP contribution < -0.4 is 9.64 Å². The standard InChI is InChI=1S/C49H51N2O/c1-34-29-44(35(2)39-19-11-7-12-20-39)48(45(30-34)36(3)40-21-13-8-14-22-40)50-27-28-51(33-50)49-46(37(4)41-23-15-9-16-24-41)31-43(52-6)32-47(49)38(5)42-25-17-10-18-26-42/h7-26,29-33,35-38H,27-28H2,1-6H3/q+1/t35-,36-,37-,38-/m1/s1. The van der Waals surface area contributed by atoms with E-state index < -0.39 is 0 Å². The third kappa shape index (κ3) is 7.05. The minimum absolute atomic E-state index is 0.164. The minimum atomic E-state index is 0.164. The summed E-state index contributed by atoms with van der Waals surface area (Å²) in [6.07, 6.45) is 2.40. The van der Waals surface area contributed by atoms with E-state index in [-0.39, 0.29) is 23.7 Å². The maximum atomic E-state index is 6.02. The molecule has 0 saturated carbocycles. The van der Waals surface area contributed by atoms with Gasteiger partial charge < -0.3 is 4.74 Å². The van der Waals surface area contributed by atoms with Crippen LogP contribution in [0.25, 0.3) is 0 Å². The van der Waals surface area contributed by atoms with E-state index in [2.05, 4.69) is 196 Å². The van der Waals surface area contributed by atoms with E-state index in [1.54, 1.807) is 7.11 Å². The lowest BCUT2D eigenvalue weighted by Gasteiger charge is -2.25. The predicted octanol–water partition coefficient (Wildman–Crippen LogP) is 11.8. The summed E-state index contributed by atoms with van der Waals surface area (Å²) in [7, 11) is 1.79. The van der Waals surface area contributed by atoms with Crippen LogP contribution in [0.4, 0.5) is 11.4 Å². The number of aryl methyl sites for hydroxylation is 1. The number of nitrogens with zero attached hydrogens (tertiary/aromatic N) is 2. The molecular weight excluding hydrogens is 633 g/mol. The smallest absolute Gasteiger partial charge is 0.244 e. The molecule has 0 unspecified atom stereocenters. The van der Waals surface area contributed by atoms with Gasteiger partial charge in [-0.05, 0) is 41.3 Å².